The van der Waals surface area contributed by atoms with Crippen LogP contribution in [0.3, 0.4) is 0 Å². The second-order valence-corrected chi connectivity index (χ2v) is 9.73. The molecule has 2 aromatic heterocycles. The van der Waals surface area contributed by atoms with Gasteiger partial charge in [0.1, 0.15) is 6.10 Å². The number of aliphatic hydroxyl groups excluding tert-OH is 2. The molecule has 168 valence electrons. The fourth-order valence-electron chi connectivity index (χ4n) is 4.91. The molecular formula is C21H22ClIN6O3. The Morgan fingerprint density at radius 1 is 1.28 bits per heavy atom. The summed E-state index contributed by atoms with van der Waals surface area (Å²) in [7, 11) is 1.55. The number of imidazole rings is 1. The summed E-state index contributed by atoms with van der Waals surface area (Å²) in [6.45, 7) is 0.513. The zero-order chi connectivity index (χ0) is 22.6. The smallest absolute Gasteiger partial charge is 0.225 e. The molecule has 1 aromatic carbocycles. The van der Waals surface area contributed by atoms with Gasteiger partial charge < -0.3 is 25.4 Å². The lowest BCUT2D eigenvalue weighted by atomic mass is 9.80. The Bertz CT molecular complexity index is 1190. The Labute approximate surface area is 202 Å². The van der Waals surface area contributed by atoms with Crippen LogP contribution in [0.5, 0.6) is 0 Å². The number of rotatable bonds is 5. The zero-order valence-electron chi connectivity index (χ0n) is 17.1. The summed E-state index contributed by atoms with van der Waals surface area (Å²) in [5.74, 6) is -0.154. The first-order valence-corrected chi connectivity index (χ1v) is 11.8. The molecule has 2 fully saturated rings. The Balaban J connectivity index is 1.46. The Hall–Kier alpha value is -2.02. The topological polar surface area (TPSA) is 125 Å². The lowest BCUT2D eigenvalue weighted by molar-refractivity contribution is -0.139. The number of hydrogen-bond donors (Lipinski definition) is 4. The molecule has 9 nitrogen and oxygen atoms in total. The monoisotopic (exact) mass is 568 g/mol. The van der Waals surface area contributed by atoms with Gasteiger partial charge >= 0.3 is 0 Å². The molecule has 2 heterocycles. The molecule has 4 N–H and O–H groups in total. The predicted molar refractivity (Wildman–Crippen MR) is 127 cm³/mol. The summed E-state index contributed by atoms with van der Waals surface area (Å²) in [4.78, 5) is 25.8. The number of amides is 1. The number of hydrogen-bond acceptors (Lipinski definition) is 7. The summed E-state index contributed by atoms with van der Waals surface area (Å²) in [6.07, 6.45) is 0.144. The molecule has 6 atom stereocenters. The first kappa shape index (κ1) is 21.8. The van der Waals surface area contributed by atoms with Crippen molar-refractivity contribution in [2.24, 2.45) is 17.8 Å². The Morgan fingerprint density at radius 3 is 2.84 bits per heavy atom. The van der Waals surface area contributed by atoms with E-state index in [1.165, 1.54) is 0 Å². The van der Waals surface area contributed by atoms with E-state index in [9.17, 15) is 15.0 Å². The van der Waals surface area contributed by atoms with Crippen molar-refractivity contribution in [3.05, 3.63) is 45.0 Å². The average molecular weight is 569 g/mol. The van der Waals surface area contributed by atoms with Crippen molar-refractivity contribution in [3.8, 4) is 0 Å². The van der Waals surface area contributed by atoms with Crippen molar-refractivity contribution >= 4 is 57.1 Å². The summed E-state index contributed by atoms with van der Waals surface area (Å²) in [5.41, 5.74) is 2.17. The lowest BCUT2D eigenvalue weighted by Crippen LogP contribution is -2.50. The van der Waals surface area contributed by atoms with Gasteiger partial charge in [-0.25, -0.2) is 15.0 Å². The van der Waals surface area contributed by atoms with Crippen LogP contribution in [0.25, 0.3) is 11.2 Å². The largest absolute Gasteiger partial charge is 0.390 e. The number of halogens is 2. The SMILES string of the molecule is CNC(=O)[C@@H]1C(O)C(O)[C@H](n2cnc3c(NCc4cccc(Cl)c4)nc(I)nc32)[C@@H]2CC12. The van der Waals surface area contributed by atoms with E-state index >= 15 is 0 Å². The second-order valence-electron chi connectivity index (χ2n) is 8.32. The molecule has 3 unspecified atom stereocenters. The number of anilines is 1. The maximum absolute atomic E-state index is 12.2. The molecule has 11 heteroatoms. The highest BCUT2D eigenvalue weighted by atomic mass is 127. The second kappa shape index (κ2) is 8.40. The molecule has 2 aliphatic rings. The number of aliphatic hydroxyl groups is 2. The van der Waals surface area contributed by atoms with Gasteiger partial charge in [0.15, 0.2) is 20.8 Å². The van der Waals surface area contributed by atoms with Crippen molar-refractivity contribution in [3.63, 3.8) is 0 Å². The molecule has 2 aliphatic carbocycles. The maximum Gasteiger partial charge on any atom is 0.225 e. The predicted octanol–water partition coefficient (Wildman–Crippen LogP) is 1.97. The number of nitrogens with zero attached hydrogens (tertiary/aromatic N) is 4. The highest BCUT2D eigenvalue weighted by Gasteiger charge is 2.61. The van der Waals surface area contributed by atoms with Crippen molar-refractivity contribution in [2.45, 2.75) is 31.2 Å². The zero-order valence-corrected chi connectivity index (χ0v) is 20.0. The van der Waals surface area contributed by atoms with E-state index in [0.717, 1.165) is 12.0 Å². The number of aromatic nitrogens is 4. The van der Waals surface area contributed by atoms with E-state index in [0.29, 0.717) is 32.4 Å². The van der Waals surface area contributed by atoms with E-state index < -0.39 is 24.2 Å². The normalized spacial score (nSPS) is 28.9. The molecule has 0 bridgehead atoms. The molecule has 32 heavy (non-hydrogen) atoms. The maximum atomic E-state index is 12.2. The third kappa shape index (κ3) is 3.72. The van der Waals surface area contributed by atoms with Crippen LogP contribution >= 0.6 is 34.2 Å². The molecule has 5 rings (SSSR count). The van der Waals surface area contributed by atoms with E-state index in [1.54, 1.807) is 13.4 Å². The van der Waals surface area contributed by atoms with Gasteiger partial charge in [0, 0.05) is 41.2 Å². The minimum atomic E-state index is -1.15. The van der Waals surface area contributed by atoms with Gasteiger partial charge in [-0.2, -0.15) is 0 Å². The molecule has 1 amide bonds. The fourth-order valence-corrected chi connectivity index (χ4v) is 5.60. The van der Waals surface area contributed by atoms with Crippen LogP contribution in [0.2, 0.25) is 5.02 Å². The number of carbonyl (C=O) groups is 1. The third-order valence-electron chi connectivity index (χ3n) is 6.47. The van der Waals surface area contributed by atoms with Gasteiger partial charge in [-0.1, -0.05) is 23.7 Å². The van der Waals surface area contributed by atoms with Crippen LogP contribution in [-0.4, -0.2) is 54.9 Å². The summed E-state index contributed by atoms with van der Waals surface area (Å²) in [5, 5.41) is 28.2. The van der Waals surface area contributed by atoms with Crippen molar-refractivity contribution in [1.82, 2.24) is 24.8 Å². The molecule has 3 aromatic rings. The highest BCUT2D eigenvalue weighted by Crippen LogP contribution is 2.58. The third-order valence-corrected chi connectivity index (χ3v) is 7.19. The summed E-state index contributed by atoms with van der Waals surface area (Å²) < 4.78 is 2.36. The molecule has 0 spiro atoms. The number of nitrogens with one attached hydrogen (secondary N) is 2. The molecule has 0 radical (unpaired) electrons. The van der Waals surface area contributed by atoms with Gasteiger partial charge in [-0.05, 0) is 36.0 Å². The van der Waals surface area contributed by atoms with Crippen LogP contribution in [-0.2, 0) is 11.3 Å². The number of benzene rings is 1. The van der Waals surface area contributed by atoms with Gasteiger partial charge in [-0.3, -0.25) is 4.79 Å². The number of carbonyl (C=O) groups excluding carboxylic acids is 1. The van der Waals surface area contributed by atoms with E-state index in [4.69, 9.17) is 11.6 Å². The Morgan fingerprint density at radius 2 is 2.09 bits per heavy atom. The first-order valence-electron chi connectivity index (χ1n) is 10.3. The van der Waals surface area contributed by atoms with E-state index in [-0.39, 0.29) is 17.7 Å². The van der Waals surface area contributed by atoms with Gasteiger partial charge in [0.25, 0.3) is 0 Å². The minimum absolute atomic E-state index is 0.0251. The standard InChI is InChI=1S/C21H22ClIN6O3/c1-24-20(32)13-11-6-12(11)15(17(31)16(13)30)29-8-26-14-18(27-21(23)28-19(14)29)25-7-9-3-2-4-10(22)5-9/h2-5,8,11-13,15-17,30-31H,6-7H2,1H3,(H,24,32)(H,25,27,28)/t11?,12-,13+,15-,16?,17?/m1/s1. The van der Waals surface area contributed by atoms with E-state index in [1.807, 2.05) is 28.8 Å². The van der Waals surface area contributed by atoms with Gasteiger partial charge in [0.05, 0.1) is 24.4 Å². The van der Waals surface area contributed by atoms with Crippen molar-refractivity contribution in [2.75, 3.05) is 12.4 Å². The summed E-state index contributed by atoms with van der Waals surface area (Å²) in [6, 6.07) is 7.15. The van der Waals surface area contributed by atoms with Gasteiger partial charge in [-0.15, -0.1) is 0 Å². The van der Waals surface area contributed by atoms with Crippen LogP contribution in [0.15, 0.2) is 30.6 Å². The quantitative estimate of drug-likeness (QED) is 0.274. The van der Waals surface area contributed by atoms with Crippen molar-refractivity contribution in [1.29, 1.82) is 0 Å². The first-order chi connectivity index (χ1) is 15.4. The summed E-state index contributed by atoms with van der Waals surface area (Å²) >= 11 is 8.13. The lowest BCUT2D eigenvalue weighted by Gasteiger charge is -2.36. The number of fused-ring (bicyclic) bond motifs is 2. The van der Waals surface area contributed by atoms with E-state index in [2.05, 4.69) is 48.2 Å². The highest BCUT2D eigenvalue weighted by molar-refractivity contribution is 14.1. The molecule has 0 saturated heterocycles. The van der Waals surface area contributed by atoms with Crippen LogP contribution in [0.1, 0.15) is 18.0 Å². The van der Waals surface area contributed by atoms with Crippen molar-refractivity contribution < 1.29 is 15.0 Å². The molecule has 0 aliphatic heterocycles. The molecular weight excluding hydrogens is 547 g/mol. The van der Waals surface area contributed by atoms with Gasteiger partial charge in [0.2, 0.25) is 5.91 Å². The fraction of sp³-hybridized carbons (Fsp3) is 0.429. The average Bonchev–Trinajstić information content (AvgIpc) is 3.43. The minimum Gasteiger partial charge on any atom is -0.390 e. The van der Waals surface area contributed by atoms with Crippen LogP contribution in [0, 0.1) is 21.6 Å². The van der Waals surface area contributed by atoms with Crippen LogP contribution < -0.4 is 10.6 Å². The van der Waals surface area contributed by atoms with Crippen LogP contribution in [0.4, 0.5) is 5.82 Å². The molecule has 2 saturated carbocycles. The Kier molecular flexibility index (Phi) is 5.72.